The number of piperidine rings is 2. The summed E-state index contributed by atoms with van der Waals surface area (Å²) in [5.41, 5.74) is 9.71. The molecule has 18 heteroatoms. The van der Waals surface area contributed by atoms with Crippen molar-refractivity contribution >= 4 is 57.2 Å². The first-order chi connectivity index (χ1) is 29.4. The second kappa shape index (κ2) is 17.7. The van der Waals surface area contributed by atoms with Crippen LogP contribution in [0.3, 0.4) is 0 Å². The van der Waals surface area contributed by atoms with E-state index in [0.717, 1.165) is 73.8 Å². The van der Waals surface area contributed by atoms with E-state index < -0.39 is 24.0 Å². The number of hydrogen-bond donors (Lipinski definition) is 4. The summed E-state index contributed by atoms with van der Waals surface area (Å²) in [6.07, 6.45) is 8.46. The molecule has 1 aromatic carbocycles. The molecule has 0 bridgehead atoms. The van der Waals surface area contributed by atoms with Gasteiger partial charge < -0.3 is 26.2 Å². The Morgan fingerprint density at radius 2 is 1.85 bits per heavy atom. The monoisotopic (exact) mass is 835 g/mol. The number of hydrogen-bond acceptors (Lipinski definition) is 12. The van der Waals surface area contributed by atoms with Crippen molar-refractivity contribution in [3.05, 3.63) is 83.8 Å². The number of fused-ring (bicyclic) bond motifs is 2. The summed E-state index contributed by atoms with van der Waals surface area (Å²) in [7, 11) is 4.06. The van der Waals surface area contributed by atoms with Crippen molar-refractivity contribution in [2.24, 2.45) is 23.7 Å². The van der Waals surface area contributed by atoms with Crippen LogP contribution in [0.2, 0.25) is 0 Å². The number of carbonyl (C=O) groups excluding carboxylic acids is 3. The fraction of sp³-hybridized carbons (Fsp3) is 0.442. The number of aliphatic imine (C=N–C) groups is 1. The molecule has 1 unspecified atom stereocenters. The van der Waals surface area contributed by atoms with Gasteiger partial charge in [-0.3, -0.25) is 34.4 Å². The number of aryl methyl sites for hydroxylation is 2. The summed E-state index contributed by atoms with van der Waals surface area (Å²) in [6.45, 7) is 4.61. The lowest BCUT2D eigenvalue weighted by Crippen LogP contribution is -2.45. The standard InChI is InChI=1S/C43H51F2N13O3/c1-25-4-7-28(22-47-25)49-36-16-19-58-41(52-36)33(23-48-58)43(61)51-34(21-46)39(40(44)45)50-27-8-5-26(6-9-27)24-55(2)29-14-17-57(18-15-29)30-10-11-31-35(20-30)56(3)54-38(31)32-12-13-37(59)53-42(32)60/h4,7,10-11,16,19-23,26-27,29,32,40H,5-6,8-9,12-15,17-18,24,46H2,1-3H3,(H,49,52)(H,51,61)(H,53,59,60)/b34-21+,50-39?. The maximum absolute atomic E-state index is 14.5. The normalized spacial score (nSPS) is 20.8. The van der Waals surface area contributed by atoms with Gasteiger partial charge >= 0.3 is 0 Å². The third-order valence-corrected chi connectivity index (χ3v) is 12.3. The van der Waals surface area contributed by atoms with E-state index in [0.29, 0.717) is 54.8 Å². The van der Waals surface area contributed by atoms with Crippen LogP contribution in [0, 0.1) is 12.8 Å². The lowest BCUT2D eigenvalue weighted by Gasteiger charge is -2.40. The van der Waals surface area contributed by atoms with Crippen molar-refractivity contribution in [2.75, 3.05) is 36.9 Å². The highest BCUT2D eigenvalue weighted by Crippen LogP contribution is 2.34. The van der Waals surface area contributed by atoms with Crippen LogP contribution >= 0.6 is 0 Å². The fourth-order valence-electron chi connectivity index (χ4n) is 8.87. The molecule has 6 heterocycles. The van der Waals surface area contributed by atoms with Gasteiger partial charge in [0.25, 0.3) is 12.3 Å². The molecule has 8 rings (SSSR count). The van der Waals surface area contributed by atoms with Gasteiger partial charge in [-0.25, -0.2) is 18.3 Å². The number of pyridine rings is 1. The van der Waals surface area contributed by atoms with Gasteiger partial charge in [0.15, 0.2) is 5.65 Å². The highest BCUT2D eigenvalue weighted by molar-refractivity contribution is 6.09. The number of amides is 3. The first kappa shape index (κ1) is 41.4. The summed E-state index contributed by atoms with van der Waals surface area (Å²) in [5.74, 6) is -0.778. The number of allylic oxidation sites excluding steroid dienone is 1. The molecule has 5 N–H and O–H groups in total. The minimum absolute atomic E-state index is 0.0854. The second-order valence-electron chi connectivity index (χ2n) is 16.3. The summed E-state index contributed by atoms with van der Waals surface area (Å²) in [4.78, 5) is 55.8. The SMILES string of the molecule is Cc1ccc(Nc2ccn3ncc(C(=O)N/C(=C/N)C(=NC4CCC(CN(C)C5CCN(c6ccc7c(C8CCC(=O)NC8=O)nn(C)c7c6)CC5)CC4)C(F)F)c3n2)cn1. The average molecular weight is 836 g/mol. The molecule has 3 aliphatic rings. The third-order valence-electron chi connectivity index (χ3n) is 12.3. The number of carbonyl (C=O) groups is 3. The predicted octanol–water partition coefficient (Wildman–Crippen LogP) is 4.98. The molecule has 1 saturated carbocycles. The Labute approximate surface area is 351 Å². The zero-order valence-corrected chi connectivity index (χ0v) is 34.5. The van der Waals surface area contributed by atoms with E-state index in [1.165, 1.54) is 10.7 Å². The van der Waals surface area contributed by atoms with Crippen LogP contribution in [0.25, 0.3) is 16.6 Å². The number of rotatable bonds is 12. The molecule has 1 atom stereocenters. The molecule has 61 heavy (non-hydrogen) atoms. The number of nitrogens with zero attached hydrogens (tertiary/aromatic N) is 9. The molecular weight excluding hydrogens is 785 g/mol. The molecule has 320 valence electrons. The molecule has 3 fully saturated rings. The Morgan fingerprint density at radius 1 is 1.07 bits per heavy atom. The Hall–Kier alpha value is -6.30. The zero-order chi connectivity index (χ0) is 42.8. The van der Waals surface area contributed by atoms with Gasteiger partial charge in [-0.1, -0.05) is 0 Å². The van der Waals surface area contributed by atoms with Crippen LogP contribution in [-0.2, 0) is 16.6 Å². The van der Waals surface area contributed by atoms with E-state index in [1.54, 1.807) is 18.5 Å². The number of alkyl halides is 2. The first-order valence-electron chi connectivity index (χ1n) is 20.8. The van der Waals surface area contributed by atoms with E-state index in [1.807, 2.05) is 36.9 Å². The Kier molecular flexibility index (Phi) is 12.0. The highest BCUT2D eigenvalue weighted by atomic mass is 19.3. The van der Waals surface area contributed by atoms with Crippen molar-refractivity contribution in [3.8, 4) is 0 Å². The van der Waals surface area contributed by atoms with E-state index in [-0.39, 0.29) is 34.8 Å². The maximum Gasteiger partial charge on any atom is 0.282 e. The van der Waals surface area contributed by atoms with Crippen LogP contribution in [0.15, 0.2) is 71.9 Å². The lowest BCUT2D eigenvalue weighted by molar-refractivity contribution is -0.134. The van der Waals surface area contributed by atoms with Gasteiger partial charge in [0.1, 0.15) is 17.1 Å². The highest BCUT2D eigenvalue weighted by Gasteiger charge is 2.33. The average Bonchev–Trinajstić information content (AvgIpc) is 3.83. The van der Waals surface area contributed by atoms with E-state index in [9.17, 15) is 23.2 Å². The smallest absolute Gasteiger partial charge is 0.282 e. The quantitative estimate of drug-likeness (QED) is 0.0979. The number of nitrogens with two attached hydrogens (primary N) is 1. The Morgan fingerprint density at radius 3 is 2.56 bits per heavy atom. The minimum Gasteiger partial charge on any atom is -0.403 e. The van der Waals surface area contributed by atoms with Crippen LogP contribution in [0.4, 0.5) is 26.0 Å². The molecule has 3 amide bonds. The van der Waals surface area contributed by atoms with Crippen molar-refractivity contribution in [1.29, 1.82) is 0 Å². The molecule has 5 aromatic rings. The van der Waals surface area contributed by atoms with Crippen LogP contribution in [0.1, 0.15) is 79.0 Å². The van der Waals surface area contributed by atoms with E-state index in [4.69, 9.17) is 10.8 Å². The summed E-state index contributed by atoms with van der Waals surface area (Å²) >= 11 is 0. The van der Waals surface area contributed by atoms with Crippen molar-refractivity contribution in [2.45, 2.75) is 82.7 Å². The minimum atomic E-state index is -2.95. The number of aromatic nitrogens is 6. The van der Waals surface area contributed by atoms with Gasteiger partial charge in [0.2, 0.25) is 11.8 Å². The maximum atomic E-state index is 14.5. The Bertz CT molecular complexity index is 2480. The van der Waals surface area contributed by atoms with Gasteiger partial charge in [0.05, 0.1) is 46.9 Å². The van der Waals surface area contributed by atoms with Gasteiger partial charge in [-0.2, -0.15) is 10.2 Å². The summed E-state index contributed by atoms with van der Waals surface area (Å²) in [5, 5.41) is 18.0. The van der Waals surface area contributed by atoms with Crippen LogP contribution < -0.4 is 26.6 Å². The topological polar surface area (TPSA) is 193 Å². The molecule has 0 spiro atoms. The number of nitrogens with one attached hydrogen (secondary N) is 3. The van der Waals surface area contributed by atoms with Crippen molar-refractivity contribution < 1.29 is 23.2 Å². The van der Waals surface area contributed by atoms with Crippen molar-refractivity contribution in [3.63, 3.8) is 0 Å². The van der Waals surface area contributed by atoms with Gasteiger partial charge in [-0.15, -0.1) is 0 Å². The lowest BCUT2D eigenvalue weighted by atomic mass is 9.85. The van der Waals surface area contributed by atoms with Crippen molar-refractivity contribution in [1.82, 2.24) is 44.9 Å². The molecule has 2 saturated heterocycles. The molecular formula is C43H51F2N13O3. The van der Waals surface area contributed by atoms with E-state index in [2.05, 4.69) is 65.0 Å². The molecule has 2 aliphatic heterocycles. The van der Waals surface area contributed by atoms with Gasteiger partial charge in [-0.05, 0) is 101 Å². The molecule has 0 radical (unpaired) electrons. The third kappa shape index (κ3) is 9.08. The van der Waals surface area contributed by atoms with Crippen LogP contribution in [0.5, 0.6) is 0 Å². The Balaban J connectivity index is 0.832. The molecule has 4 aromatic heterocycles. The number of anilines is 3. The zero-order valence-electron chi connectivity index (χ0n) is 34.5. The van der Waals surface area contributed by atoms with Crippen LogP contribution in [-0.4, -0.2) is 103 Å². The fourth-order valence-corrected chi connectivity index (χ4v) is 8.87. The molecule has 16 nitrogen and oxygen atoms in total. The number of benzene rings is 1. The van der Waals surface area contributed by atoms with E-state index >= 15 is 0 Å². The summed E-state index contributed by atoms with van der Waals surface area (Å²) < 4.78 is 32.3. The number of imide groups is 1. The molecule has 1 aliphatic carbocycles. The number of halogens is 2. The largest absolute Gasteiger partial charge is 0.403 e. The first-order valence-corrected chi connectivity index (χ1v) is 20.8. The second-order valence-corrected chi connectivity index (χ2v) is 16.3. The predicted molar refractivity (Wildman–Crippen MR) is 228 cm³/mol. The summed E-state index contributed by atoms with van der Waals surface area (Å²) in [6, 6.07) is 11.8. The van der Waals surface area contributed by atoms with Gasteiger partial charge in [0, 0.05) is 68.3 Å².